The van der Waals surface area contributed by atoms with Crippen molar-refractivity contribution < 1.29 is 33.9 Å². The molecule has 3 aromatic carbocycles. The second kappa shape index (κ2) is 20.5. The summed E-state index contributed by atoms with van der Waals surface area (Å²) in [5.41, 5.74) is 2.24. The molecule has 0 spiro atoms. The summed E-state index contributed by atoms with van der Waals surface area (Å²) in [4.78, 5) is 73.7. The number of nitro benzene ring substituents is 1. The Morgan fingerprint density at radius 1 is 0.806 bits per heavy atom. The number of pyridine rings is 1. The van der Waals surface area contributed by atoms with Gasteiger partial charge in [-0.25, -0.2) is 9.59 Å². The van der Waals surface area contributed by atoms with Crippen molar-refractivity contribution in [2.75, 3.05) is 20.2 Å². The van der Waals surface area contributed by atoms with Gasteiger partial charge in [0.25, 0.3) is 5.69 Å². The molecule has 1 aliphatic heterocycles. The number of hydrogen-bond acceptors (Lipinski definition) is 9. The molecule has 4 aromatic rings. The van der Waals surface area contributed by atoms with Crippen LogP contribution in [0.3, 0.4) is 0 Å². The molecule has 1 fully saturated rings. The van der Waals surface area contributed by atoms with Gasteiger partial charge in [0.2, 0.25) is 11.8 Å². The molecule has 0 radical (unpaired) electrons. The van der Waals surface area contributed by atoms with Gasteiger partial charge in [-0.1, -0.05) is 120 Å². The molecule has 15 nitrogen and oxygen atoms in total. The molecule has 0 unspecified atom stereocenters. The second-order valence-electron chi connectivity index (χ2n) is 17.9. The van der Waals surface area contributed by atoms with Gasteiger partial charge in [-0.05, 0) is 53.4 Å². The van der Waals surface area contributed by atoms with Crippen molar-refractivity contribution in [3.8, 4) is 11.3 Å². The number of benzene rings is 3. The SMILES string of the molecule is COC(=O)N[C@H](C(=O)N[C@@H](Cc1ccc(-c2ccccn2)cc1)C[C@H](O)[C@H](Cc1ccccc1)NC(=O)[C@@H](N1CCN(Cc2ccccc2[N+](=O)[O-])C1=O)C(C)(C)C)C(C)(C)C. The van der Waals surface area contributed by atoms with E-state index in [4.69, 9.17) is 4.74 Å². The van der Waals surface area contributed by atoms with Crippen LogP contribution in [0.25, 0.3) is 11.3 Å². The highest BCUT2D eigenvalue weighted by Gasteiger charge is 2.45. The number of urea groups is 1. The van der Waals surface area contributed by atoms with Crippen LogP contribution in [-0.4, -0.2) is 99.2 Å². The van der Waals surface area contributed by atoms with Crippen molar-refractivity contribution in [1.29, 1.82) is 0 Å². The Hall–Kier alpha value is -6.35. The number of aliphatic hydroxyl groups excluding tert-OH is 1. The van der Waals surface area contributed by atoms with Crippen LogP contribution < -0.4 is 16.0 Å². The van der Waals surface area contributed by atoms with E-state index < -0.39 is 70.0 Å². The number of carbonyl (C=O) groups excluding carboxylic acids is 4. The largest absolute Gasteiger partial charge is 0.453 e. The van der Waals surface area contributed by atoms with Crippen LogP contribution in [0.4, 0.5) is 15.3 Å². The van der Waals surface area contributed by atoms with Crippen LogP contribution in [0.15, 0.2) is 103 Å². The lowest BCUT2D eigenvalue weighted by Crippen LogP contribution is -2.59. The zero-order valence-corrected chi connectivity index (χ0v) is 36.5. The molecule has 330 valence electrons. The molecular formula is C47H59N7O8. The van der Waals surface area contributed by atoms with Gasteiger partial charge < -0.3 is 35.6 Å². The van der Waals surface area contributed by atoms with E-state index in [1.807, 2.05) is 114 Å². The van der Waals surface area contributed by atoms with Gasteiger partial charge in [0, 0.05) is 42.5 Å². The lowest BCUT2D eigenvalue weighted by molar-refractivity contribution is -0.385. The van der Waals surface area contributed by atoms with Crippen LogP contribution in [0.2, 0.25) is 0 Å². The molecule has 0 bridgehead atoms. The quantitative estimate of drug-likeness (QED) is 0.0698. The predicted octanol–water partition coefficient (Wildman–Crippen LogP) is 6.29. The number of nitro groups is 1. The normalized spacial score (nSPS) is 15.5. The fraction of sp³-hybridized carbons (Fsp3) is 0.426. The molecule has 1 aliphatic rings. The Morgan fingerprint density at radius 3 is 2.06 bits per heavy atom. The number of rotatable bonds is 17. The molecule has 1 aromatic heterocycles. The highest BCUT2D eigenvalue weighted by Crippen LogP contribution is 2.30. The Kier molecular flexibility index (Phi) is 15.4. The van der Waals surface area contributed by atoms with E-state index >= 15 is 0 Å². The summed E-state index contributed by atoms with van der Waals surface area (Å²) in [6.45, 7) is 11.5. The van der Waals surface area contributed by atoms with Gasteiger partial charge in [-0.2, -0.15) is 0 Å². The topological polar surface area (TPSA) is 196 Å². The van der Waals surface area contributed by atoms with Crippen molar-refractivity contribution in [3.63, 3.8) is 0 Å². The smallest absolute Gasteiger partial charge is 0.407 e. The maximum Gasteiger partial charge on any atom is 0.407 e. The molecule has 0 saturated carbocycles. The number of carbonyl (C=O) groups is 4. The number of amides is 5. The summed E-state index contributed by atoms with van der Waals surface area (Å²) in [6, 6.07) is 25.2. The van der Waals surface area contributed by atoms with Crippen LogP contribution in [-0.2, 0) is 33.7 Å². The lowest BCUT2D eigenvalue weighted by Gasteiger charge is -2.38. The number of nitrogens with zero attached hydrogens (tertiary/aromatic N) is 4. The summed E-state index contributed by atoms with van der Waals surface area (Å²) in [5.74, 6) is -0.946. The monoisotopic (exact) mass is 849 g/mol. The molecule has 4 N–H and O–H groups in total. The third-order valence-electron chi connectivity index (χ3n) is 11.0. The number of nitrogens with one attached hydrogen (secondary N) is 3. The van der Waals surface area contributed by atoms with E-state index in [1.54, 1.807) is 24.4 Å². The Balaban J connectivity index is 1.42. The number of aliphatic hydroxyl groups is 1. The lowest BCUT2D eigenvalue weighted by atomic mass is 9.84. The minimum Gasteiger partial charge on any atom is -0.453 e. The van der Waals surface area contributed by atoms with Gasteiger partial charge in [0.1, 0.15) is 12.1 Å². The molecule has 0 aliphatic carbocycles. The first-order valence-electron chi connectivity index (χ1n) is 20.8. The van der Waals surface area contributed by atoms with E-state index in [0.29, 0.717) is 12.0 Å². The summed E-state index contributed by atoms with van der Waals surface area (Å²) < 4.78 is 4.83. The van der Waals surface area contributed by atoms with E-state index in [0.717, 1.165) is 22.4 Å². The van der Waals surface area contributed by atoms with Crippen LogP contribution in [0.1, 0.15) is 64.7 Å². The predicted molar refractivity (Wildman–Crippen MR) is 236 cm³/mol. The average Bonchev–Trinajstić information content (AvgIpc) is 3.57. The summed E-state index contributed by atoms with van der Waals surface area (Å²) in [7, 11) is 1.22. The first kappa shape index (κ1) is 46.7. The maximum absolute atomic E-state index is 14.6. The van der Waals surface area contributed by atoms with Crippen molar-refractivity contribution in [2.45, 2.75) is 97.6 Å². The third kappa shape index (κ3) is 12.4. The molecular weight excluding hydrogens is 791 g/mol. The van der Waals surface area contributed by atoms with Gasteiger partial charge >= 0.3 is 12.1 Å². The second-order valence-corrected chi connectivity index (χ2v) is 17.9. The van der Waals surface area contributed by atoms with Gasteiger partial charge in [0.05, 0.1) is 36.4 Å². The number of alkyl carbamates (subject to hydrolysis) is 1. The Labute approximate surface area is 363 Å². The molecule has 1 saturated heterocycles. The molecule has 5 atom stereocenters. The van der Waals surface area contributed by atoms with Crippen LogP contribution in [0, 0.1) is 20.9 Å². The number of methoxy groups -OCH3 is 1. The Bertz CT molecular complexity index is 2160. The van der Waals surface area contributed by atoms with Gasteiger partial charge in [0.15, 0.2) is 0 Å². The Morgan fingerprint density at radius 2 is 1.45 bits per heavy atom. The molecule has 5 rings (SSSR count). The van der Waals surface area contributed by atoms with Crippen LogP contribution >= 0.6 is 0 Å². The summed E-state index contributed by atoms with van der Waals surface area (Å²) in [6.07, 6.45) is 0.293. The van der Waals surface area contributed by atoms with Crippen molar-refractivity contribution in [3.05, 3.63) is 130 Å². The fourth-order valence-electron chi connectivity index (χ4n) is 7.85. The zero-order valence-electron chi connectivity index (χ0n) is 36.5. The number of ether oxygens (including phenoxy) is 1. The van der Waals surface area contributed by atoms with Gasteiger partial charge in [-0.15, -0.1) is 0 Å². The molecule has 62 heavy (non-hydrogen) atoms. The first-order valence-corrected chi connectivity index (χ1v) is 20.8. The minimum absolute atomic E-state index is 0.00448. The standard InChI is InChI=1S/C47H59N7O8/c1-46(2,3)40(51-44(58)62-7)42(56)49-35(27-32-20-22-33(23-21-32)36-18-13-14-24-48-36)29-39(55)37(28-31-15-9-8-10-16-31)50-43(57)41(47(4,5)6)53-26-25-52(45(53)59)30-34-17-11-12-19-38(34)54(60)61/h8-24,35,37,39-41,55H,25-30H2,1-7H3,(H,49,56)(H,50,57)(H,51,58)/t35-,37-,39-,40+,41+/m0/s1. The van der Waals surface area contributed by atoms with E-state index in [1.165, 1.54) is 23.0 Å². The first-order chi connectivity index (χ1) is 29.3. The third-order valence-corrected chi connectivity index (χ3v) is 11.0. The van der Waals surface area contributed by atoms with Gasteiger partial charge in [-0.3, -0.25) is 24.7 Å². The molecule has 15 heteroatoms. The van der Waals surface area contributed by atoms with E-state index in [9.17, 15) is 34.4 Å². The summed E-state index contributed by atoms with van der Waals surface area (Å²) >= 11 is 0. The van der Waals surface area contributed by atoms with E-state index in [-0.39, 0.29) is 38.2 Å². The average molecular weight is 850 g/mol. The number of hydrogen-bond donors (Lipinski definition) is 4. The maximum atomic E-state index is 14.6. The van der Waals surface area contributed by atoms with Crippen LogP contribution in [0.5, 0.6) is 0 Å². The molecule has 2 heterocycles. The minimum atomic E-state index is -1.20. The number of aromatic nitrogens is 1. The number of para-hydroxylation sites is 1. The van der Waals surface area contributed by atoms with Crippen molar-refractivity contribution in [1.82, 2.24) is 30.7 Å². The molecule has 5 amide bonds. The van der Waals surface area contributed by atoms with Crippen molar-refractivity contribution >= 4 is 29.6 Å². The van der Waals surface area contributed by atoms with E-state index in [2.05, 4.69) is 20.9 Å². The zero-order chi connectivity index (χ0) is 45.2. The fourth-order valence-corrected chi connectivity index (χ4v) is 7.85. The van der Waals surface area contributed by atoms with Crippen molar-refractivity contribution in [2.24, 2.45) is 10.8 Å². The highest BCUT2D eigenvalue weighted by molar-refractivity contribution is 5.89. The summed E-state index contributed by atoms with van der Waals surface area (Å²) in [5, 5.41) is 32.8. The highest BCUT2D eigenvalue weighted by atomic mass is 16.6.